The molecule has 20 heavy (non-hydrogen) atoms. The van der Waals surface area contributed by atoms with E-state index in [0.717, 1.165) is 11.4 Å². The monoisotopic (exact) mass is 311 g/mol. The smallest absolute Gasteiger partial charge is 0.173 e. The van der Waals surface area contributed by atoms with Gasteiger partial charge in [0, 0.05) is 28.9 Å². The second-order valence-corrected chi connectivity index (χ2v) is 4.94. The zero-order chi connectivity index (χ0) is 13.8. The van der Waals surface area contributed by atoms with Crippen molar-refractivity contribution in [2.24, 2.45) is 4.99 Å². The average molecular weight is 312 g/mol. The fourth-order valence-electron chi connectivity index (χ4n) is 2.00. The zero-order valence-corrected chi connectivity index (χ0v) is 13.2. The molecule has 0 fully saturated rings. The average Bonchev–Trinajstić information content (AvgIpc) is 2.41. The first-order valence-corrected chi connectivity index (χ1v) is 6.51. The summed E-state index contributed by atoms with van der Waals surface area (Å²) in [5, 5.41) is 0. The van der Waals surface area contributed by atoms with Crippen LogP contribution in [0.4, 0.5) is 5.69 Å². The fourth-order valence-corrected chi connectivity index (χ4v) is 2.00. The Morgan fingerprint density at radius 3 is 2.35 bits per heavy atom. The second kappa shape index (κ2) is 7.30. The quantitative estimate of drug-likeness (QED) is 0.633. The number of para-hydroxylation sites is 1. The van der Waals surface area contributed by atoms with Gasteiger partial charge in [-0.1, -0.05) is 32.0 Å². The molecule has 108 valence electrons. The molecule has 0 bridgehead atoms. The molecular formula is C16H19N3Ni. The number of nitrogens with zero attached hydrogens (tertiary/aromatic N) is 3. The number of aliphatic imine (C=N–C) groups is 1. The molecule has 0 radical (unpaired) electrons. The minimum Gasteiger partial charge on any atom is -0.249 e. The van der Waals surface area contributed by atoms with Crippen molar-refractivity contribution >= 4 is 11.4 Å². The van der Waals surface area contributed by atoms with Gasteiger partial charge in [0.1, 0.15) is 0 Å². The van der Waals surface area contributed by atoms with Crippen molar-refractivity contribution in [3.63, 3.8) is 0 Å². The maximum atomic E-state index is 4.74. The van der Waals surface area contributed by atoms with Crippen LogP contribution in [0.15, 0.2) is 41.7 Å². The summed E-state index contributed by atoms with van der Waals surface area (Å²) in [6.07, 6.45) is 3.48. The Morgan fingerprint density at radius 1 is 1.10 bits per heavy atom. The maximum absolute atomic E-state index is 4.74. The second-order valence-electron chi connectivity index (χ2n) is 4.94. The van der Waals surface area contributed by atoms with Gasteiger partial charge in [0.25, 0.3) is 0 Å². The number of aromatic nitrogens is 2. The van der Waals surface area contributed by atoms with Gasteiger partial charge in [-0.15, -0.1) is 0 Å². The van der Waals surface area contributed by atoms with Gasteiger partial charge in [-0.3, -0.25) is 0 Å². The fraction of sp³-hybridized carbons (Fsp3) is 0.312. The van der Waals surface area contributed by atoms with Gasteiger partial charge in [-0.25, -0.2) is 15.0 Å². The third-order valence-corrected chi connectivity index (χ3v) is 3.06. The minimum absolute atomic E-state index is 0. The van der Waals surface area contributed by atoms with Crippen molar-refractivity contribution < 1.29 is 16.5 Å². The van der Waals surface area contributed by atoms with Gasteiger partial charge in [-0.2, -0.15) is 0 Å². The molecule has 0 saturated heterocycles. The molecule has 0 aliphatic carbocycles. The summed E-state index contributed by atoms with van der Waals surface area (Å²) < 4.78 is 0. The van der Waals surface area contributed by atoms with E-state index in [1.54, 1.807) is 12.4 Å². The van der Waals surface area contributed by atoms with Crippen LogP contribution < -0.4 is 0 Å². The predicted octanol–water partition coefficient (Wildman–Crippen LogP) is 4.05. The molecule has 2 rings (SSSR count). The number of hydrogen-bond donors (Lipinski definition) is 0. The number of hydrogen-bond acceptors (Lipinski definition) is 3. The van der Waals surface area contributed by atoms with E-state index < -0.39 is 0 Å². The molecule has 1 aromatic carbocycles. The zero-order valence-electron chi connectivity index (χ0n) is 12.2. The molecule has 4 heteroatoms. The third kappa shape index (κ3) is 3.74. The predicted molar refractivity (Wildman–Crippen MR) is 79.2 cm³/mol. The van der Waals surface area contributed by atoms with E-state index in [9.17, 15) is 0 Å². The molecule has 0 spiro atoms. The van der Waals surface area contributed by atoms with Gasteiger partial charge in [0.2, 0.25) is 0 Å². The Labute approximate surface area is 130 Å². The number of aryl methyl sites for hydroxylation is 1. The first-order chi connectivity index (χ1) is 9.09. The Balaban J connectivity index is 0.00000200. The van der Waals surface area contributed by atoms with Crippen molar-refractivity contribution in [1.29, 1.82) is 0 Å². The summed E-state index contributed by atoms with van der Waals surface area (Å²) in [6.45, 7) is 8.40. The van der Waals surface area contributed by atoms with E-state index in [1.807, 2.05) is 13.0 Å². The van der Waals surface area contributed by atoms with Crippen molar-refractivity contribution in [2.75, 3.05) is 0 Å². The van der Waals surface area contributed by atoms with Gasteiger partial charge < -0.3 is 0 Å². The minimum atomic E-state index is 0. The summed E-state index contributed by atoms with van der Waals surface area (Å²) in [5.74, 6) is 1.13. The van der Waals surface area contributed by atoms with Crippen molar-refractivity contribution in [1.82, 2.24) is 9.97 Å². The topological polar surface area (TPSA) is 38.1 Å². The molecule has 3 nitrogen and oxygen atoms in total. The molecule has 0 N–H and O–H groups in total. The standard InChI is InChI=1S/C16H19N3.Ni/c1-11(2)14-8-5-7-12(3)15(14)19-13(4)16-17-9-6-10-18-16;/h5-11H,1-4H3;. The van der Waals surface area contributed by atoms with Crippen LogP contribution in [-0.2, 0) is 16.5 Å². The number of benzene rings is 1. The van der Waals surface area contributed by atoms with Crippen molar-refractivity contribution in [3.8, 4) is 0 Å². The summed E-state index contributed by atoms with van der Waals surface area (Å²) in [4.78, 5) is 13.2. The molecule has 0 aliphatic rings. The number of rotatable bonds is 3. The Hall–Kier alpha value is -1.54. The van der Waals surface area contributed by atoms with Crippen LogP contribution in [0, 0.1) is 6.92 Å². The van der Waals surface area contributed by atoms with Crippen LogP contribution in [0.25, 0.3) is 0 Å². The molecule has 0 amide bonds. The van der Waals surface area contributed by atoms with Gasteiger partial charge in [0.05, 0.1) is 11.4 Å². The van der Waals surface area contributed by atoms with E-state index >= 15 is 0 Å². The Bertz CT molecular complexity index is 592. The molecular weight excluding hydrogens is 293 g/mol. The van der Waals surface area contributed by atoms with Gasteiger partial charge in [-0.05, 0) is 37.0 Å². The van der Waals surface area contributed by atoms with Crippen LogP contribution >= 0.6 is 0 Å². The molecule has 0 atom stereocenters. The van der Waals surface area contributed by atoms with Gasteiger partial charge >= 0.3 is 0 Å². The summed E-state index contributed by atoms with van der Waals surface area (Å²) >= 11 is 0. The Kier molecular flexibility index (Phi) is 6.03. The summed E-state index contributed by atoms with van der Waals surface area (Å²) in [7, 11) is 0. The van der Waals surface area contributed by atoms with Crippen LogP contribution in [0.1, 0.15) is 43.6 Å². The molecule has 0 saturated carbocycles. The van der Waals surface area contributed by atoms with Crippen LogP contribution in [0.3, 0.4) is 0 Å². The SMILES string of the molecule is CC(=Nc1c(C)cccc1C(C)C)c1ncccn1.[Ni]. The molecule has 0 aliphatic heterocycles. The van der Waals surface area contributed by atoms with Crippen LogP contribution in [0.5, 0.6) is 0 Å². The van der Waals surface area contributed by atoms with E-state index in [4.69, 9.17) is 4.99 Å². The van der Waals surface area contributed by atoms with Gasteiger partial charge in [0.15, 0.2) is 5.82 Å². The van der Waals surface area contributed by atoms with E-state index in [1.165, 1.54) is 11.1 Å². The van der Waals surface area contributed by atoms with E-state index in [0.29, 0.717) is 11.7 Å². The van der Waals surface area contributed by atoms with Crippen LogP contribution in [-0.4, -0.2) is 15.7 Å². The van der Waals surface area contributed by atoms with Crippen molar-refractivity contribution in [3.05, 3.63) is 53.6 Å². The molecule has 1 heterocycles. The van der Waals surface area contributed by atoms with Crippen LogP contribution in [0.2, 0.25) is 0 Å². The first kappa shape index (κ1) is 16.5. The largest absolute Gasteiger partial charge is 0.249 e. The maximum Gasteiger partial charge on any atom is 0.173 e. The van der Waals surface area contributed by atoms with E-state index in [-0.39, 0.29) is 16.5 Å². The van der Waals surface area contributed by atoms with Crippen molar-refractivity contribution in [2.45, 2.75) is 33.6 Å². The summed E-state index contributed by atoms with van der Waals surface area (Å²) in [5.41, 5.74) is 4.33. The third-order valence-electron chi connectivity index (χ3n) is 3.06. The molecule has 1 aromatic heterocycles. The molecule has 2 aromatic rings. The normalized spacial score (nSPS) is 11.3. The Morgan fingerprint density at radius 2 is 1.75 bits per heavy atom. The van der Waals surface area contributed by atoms with E-state index in [2.05, 4.69) is 48.9 Å². The summed E-state index contributed by atoms with van der Waals surface area (Å²) in [6, 6.07) is 8.11. The first-order valence-electron chi connectivity index (χ1n) is 6.51. The molecule has 0 unspecified atom stereocenters.